The maximum absolute atomic E-state index is 14.0. The summed E-state index contributed by atoms with van der Waals surface area (Å²) < 4.78 is 16.4. The molecule has 39 heavy (non-hydrogen) atoms. The molecule has 1 aromatic heterocycles. The van der Waals surface area contributed by atoms with Gasteiger partial charge in [-0.15, -0.1) is 0 Å². The second-order valence-electron chi connectivity index (χ2n) is 10.4. The molecule has 0 fully saturated rings. The van der Waals surface area contributed by atoms with Crippen LogP contribution in [-0.4, -0.2) is 32.3 Å². The molecule has 0 radical (unpaired) electrons. The Morgan fingerprint density at radius 1 is 0.795 bits per heavy atom. The third-order valence-electron chi connectivity index (χ3n) is 7.03. The standard InChI is InChI=1S/C33H39FN2O3/c1-23(2)32-29(22-35-27-13-7-4-8-14-27)31(24-11-5-3-6-12-24)33(25-16-18-26(34)19-17-25)36(32)20-10-9-15-28(37)21-30(38)39/h3-8,11-14,16-19,23,28,30,35,37-39H,9-10,15,20-22H2,1-2H3. The summed E-state index contributed by atoms with van der Waals surface area (Å²) in [5.41, 5.74) is 7.73. The Bertz CT molecular complexity index is 1300. The van der Waals surface area contributed by atoms with E-state index >= 15 is 0 Å². The number of unbranched alkanes of at least 4 members (excludes halogenated alkanes) is 1. The number of hydrogen-bond donors (Lipinski definition) is 4. The fourth-order valence-electron chi connectivity index (χ4n) is 5.34. The summed E-state index contributed by atoms with van der Waals surface area (Å²) in [4.78, 5) is 0. The largest absolute Gasteiger partial charge is 0.393 e. The number of aliphatic hydroxyl groups is 3. The molecular formula is C33H39FN2O3. The molecule has 4 rings (SSSR count). The summed E-state index contributed by atoms with van der Waals surface area (Å²) in [5, 5.41) is 32.1. The Morgan fingerprint density at radius 3 is 2.05 bits per heavy atom. The van der Waals surface area contributed by atoms with Gasteiger partial charge in [0.15, 0.2) is 6.29 Å². The van der Waals surface area contributed by atoms with Gasteiger partial charge in [-0.05, 0) is 72.7 Å². The molecule has 4 aromatic rings. The normalized spacial score (nSPS) is 12.3. The highest BCUT2D eigenvalue weighted by Crippen LogP contribution is 2.42. The Hall–Kier alpha value is -3.45. The molecule has 3 aromatic carbocycles. The average Bonchev–Trinajstić information content (AvgIpc) is 3.25. The average molecular weight is 531 g/mol. The molecule has 206 valence electrons. The third-order valence-corrected chi connectivity index (χ3v) is 7.03. The molecule has 6 heteroatoms. The molecule has 1 atom stereocenters. The molecule has 0 bridgehead atoms. The van der Waals surface area contributed by atoms with Gasteiger partial charge in [0.05, 0.1) is 11.8 Å². The number of aliphatic hydroxyl groups excluding tert-OH is 2. The lowest BCUT2D eigenvalue weighted by atomic mass is 9.95. The van der Waals surface area contributed by atoms with Gasteiger partial charge in [-0.2, -0.15) is 0 Å². The van der Waals surface area contributed by atoms with Crippen LogP contribution >= 0.6 is 0 Å². The minimum Gasteiger partial charge on any atom is -0.393 e. The Labute approximate surface area is 230 Å². The maximum atomic E-state index is 14.0. The van der Waals surface area contributed by atoms with Crippen molar-refractivity contribution in [1.29, 1.82) is 0 Å². The second-order valence-corrected chi connectivity index (χ2v) is 10.4. The molecule has 5 nitrogen and oxygen atoms in total. The zero-order valence-corrected chi connectivity index (χ0v) is 22.7. The molecule has 1 heterocycles. The van der Waals surface area contributed by atoms with Crippen molar-refractivity contribution < 1.29 is 19.7 Å². The smallest absolute Gasteiger partial charge is 0.153 e. The maximum Gasteiger partial charge on any atom is 0.153 e. The van der Waals surface area contributed by atoms with Crippen molar-refractivity contribution in [2.24, 2.45) is 0 Å². The molecular weight excluding hydrogens is 491 g/mol. The minimum atomic E-state index is -1.50. The second kappa shape index (κ2) is 13.6. The lowest BCUT2D eigenvalue weighted by Crippen LogP contribution is -2.17. The van der Waals surface area contributed by atoms with Gasteiger partial charge in [0.1, 0.15) is 5.82 Å². The van der Waals surface area contributed by atoms with Crippen LogP contribution in [0.3, 0.4) is 0 Å². The van der Waals surface area contributed by atoms with Crippen LogP contribution in [0.2, 0.25) is 0 Å². The first-order chi connectivity index (χ1) is 18.8. The van der Waals surface area contributed by atoms with Crippen molar-refractivity contribution in [3.8, 4) is 22.4 Å². The van der Waals surface area contributed by atoms with Gasteiger partial charge >= 0.3 is 0 Å². The number of para-hydroxylation sites is 1. The number of aromatic nitrogens is 1. The topological polar surface area (TPSA) is 77.7 Å². The van der Waals surface area contributed by atoms with Crippen molar-refractivity contribution in [3.63, 3.8) is 0 Å². The van der Waals surface area contributed by atoms with Crippen molar-refractivity contribution in [2.45, 2.75) is 70.9 Å². The molecule has 0 aliphatic carbocycles. The molecule has 4 N–H and O–H groups in total. The molecule has 0 aliphatic heterocycles. The van der Waals surface area contributed by atoms with Crippen molar-refractivity contribution in [1.82, 2.24) is 4.57 Å². The number of hydrogen-bond acceptors (Lipinski definition) is 4. The first-order valence-corrected chi connectivity index (χ1v) is 13.7. The number of benzene rings is 3. The van der Waals surface area contributed by atoms with E-state index in [4.69, 9.17) is 10.2 Å². The van der Waals surface area contributed by atoms with Gasteiger partial charge in [-0.1, -0.05) is 62.4 Å². The first-order valence-electron chi connectivity index (χ1n) is 13.7. The summed E-state index contributed by atoms with van der Waals surface area (Å²) >= 11 is 0. The fraction of sp³-hybridized carbons (Fsp3) is 0.333. The van der Waals surface area contributed by atoms with E-state index in [9.17, 15) is 9.50 Å². The SMILES string of the molecule is CC(C)c1c(CNc2ccccc2)c(-c2ccccc2)c(-c2ccc(F)cc2)n1CCCCC(O)CC(O)O. The summed E-state index contributed by atoms with van der Waals surface area (Å²) in [7, 11) is 0. The van der Waals surface area contributed by atoms with Crippen LogP contribution in [0.25, 0.3) is 22.4 Å². The molecule has 1 unspecified atom stereocenters. The highest BCUT2D eigenvalue weighted by atomic mass is 19.1. The highest BCUT2D eigenvalue weighted by molar-refractivity contribution is 5.86. The van der Waals surface area contributed by atoms with E-state index in [0.717, 1.165) is 47.5 Å². The van der Waals surface area contributed by atoms with Crippen molar-refractivity contribution in [3.05, 3.63) is 102 Å². The number of nitrogens with one attached hydrogen (secondary N) is 1. The van der Waals surface area contributed by atoms with Gasteiger partial charge < -0.3 is 25.2 Å². The summed E-state index contributed by atoms with van der Waals surface area (Å²) in [6, 6.07) is 27.2. The summed E-state index contributed by atoms with van der Waals surface area (Å²) in [5.74, 6) is -0.0439. The van der Waals surface area contributed by atoms with E-state index in [1.165, 1.54) is 23.4 Å². The van der Waals surface area contributed by atoms with Crippen molar-refractivity contribution in [2.75, 3.05) is 5.32 Å². The summed E-state index contributed by atoms with van der Waals surface area (Å²) in [6.07, 6.45) is -0.257. The van der Waals surface area contributed by atoms with Gasteiger partial charge in [0.25, 0.3) is 0 Å². The lowest BCUT2D eigenvalue weighted by molar-refractivity contribution is -0.0709. The quantitative estimate of drug-likeness (QED) is 0.112. The molecule has 0 saturated carbocycles. The van der Waals surface area contributed by atoms with Crippen LogP contribution in [0, 0.1) is 5.82 Å². The van der Waals surface area contributed by atoms with E-state index in [0.29, 0.717) is 13.0 Å². The van der Waals surface area contributed by atoms with Crippen LogP contribution < -0.4 is 5.32 Å². The van der Waals surface area contributed by atoms with E-state index in [1.54, 1.807) is 0 Å². The van der Waals surface area contributed by atoms with Gasteiger partial charge in [-0.3, -0.25) is 0 Å². The fourth-order valence-corrected chi connectivity index (χ4v) is 5.34. The van der Waals surface area contributed by atoms with Crippen molar-refractivity contribution >= 4 is 5.69 Å². The molecule has 0 spiro atoms. The zero-order chi connectivity index (χ0) is 27.8. The molecule has 0 amide bonds. The Kier molecular flexibility index (Phi) is 9.93. The Balaban J connectivity index is 1.80. The van der Waals surface area contributed by atoms with Crippen LogP contribution in [0.5, 0.6) is 0 Å². The number of nitrogens with zero attached hydrogens (tertiary/aromatic N) is 1. The monoisotopic (exact) mass is 530 g/mol. The van der Waals surface area contributed by atoms with E-state index < -0.39 is 12.4 Å². The van der Waals surface area contributed by atoms with E-state index in [2.05, 4.69) is 48.0 Å². The Morgan fingerprint density at radius 2 is 1.44 bits per heavy atom. The van der Waals surface area contributed by atoms with Crippen LogP contribution in [0.15, 0.2) is 84.9 Å². The van der Waals surface area contributed by atoms with Crippen LogP contribution in [-0.2, 0) is 13.1 Å². The first kappa shape index (κ1) is 28.6. The predicted octanol–water partition coefficient (Wildman–Crippen LogP) is 6.93. The number of halogens is 1. The minimum absolute atomic E-state index is 0.0466. The highest BCUT2D eigenvalue weighted by Gasteiger charge is 2.26. The third kappa shape index (κ3) is 7.35. The number of anilines is 1. The van der Waals surface area contributed by atoms with Gasteiger partial charge in [0.2, 0.25) is 0 Å². The summed E-state index contributed by atoms with van der Waals surface area (Å²) in [6.45, 7) is 5.76. The van der Waals surface area contributed by atoms with Crippen LogP contribution in [0.1, 0.15) is 56.7 Å². The van der Waals surface area contributed by atoms with E-state index in [1.807, 2.05) is 48.5 Å². The molecule has 0 aliphatic rings. The predicted molar refractivity (Wildman–Crippen MR) is 156 cm³/mol. The number of rotatable bonds is 13. The van der Waals surface area contributed by atoms with Gasteiger partial charge in [0, 0.05) is 42.0 Å². The zero-order valence-electron chi connectivity index (χ0n) is 22.7. The van der Waals surface area contributed by atoms with Gasteiger partial charge in [-0.25, -0.2) is 4.39 Å². The lowest BCUT2D eigenvalue weighted by Gasteiger charge is -2.18. The molecule has 0 saturated heterocycles. The van der Waals surface area contributed by atoms with E-state index in [-0.39, 0.29) is 18.2 Å². The van der Waals surface area contributed by atoms with Crippen LogP contribution in [0.4, 0.5) is 10.1 Å².